The molecule has 1 heterocycles. The number of primary amides is 1. The first kappa shape index (κ1) is 14.7. The van der Waals surface area contributed by atoms with Crippen molar-refractivity contribution in [3.8, 4) is 0 Å². The van der Waals surface area contributed by atoms with Gasteiger partial charge in [0.25, 0.3) is 5.91 Å². The van der Waals surface area contributed by atoms with Crippen LogP contribution in [0.4, 0.5) is 0 Å². The van der Waals surface area contributed by atoms with Crippen molar-refractivity contribution in [2.45, 2.75) is 13.3 Å². The standard InChI is InChI=1S/C16H17N3O2/c1-11-13(15(17)20)6-4-7-14(11)16(21)19-10-8-12-5-2-3-9-18-12/h2-7,9H,8,10H2,1H3,(H2,17,20)(H,19,21). The van der Waals surface area contributed by atoms with Gasteiger partial charge in [-0.25, -0.2) is 0 Å². The molecule has 0 aliphatic heterocycles. The zero-order chi connectivity index (χ0) is 15.2. The lowest BCUT2D eigenvalue weighted by Gasteiger charge is -2.09. The minimum Gasteiger partial charge on any atom is -0.366 e. The SMILES string of the molecule is Cc1c(C(N)=O)cccc1C(=O)NCCc1ccccn1. The van der Waals surface area contributed by atoms with Crippen LogP contribution >= 0.6 is 0 Å². The third-order valence-electron chi connectivity index (χ3n) is 3.24. The first-order valence-corrected chi connectivity index (χ1v) is 6.67. The molecular weight excluding hydrogens is 266 g/mol. The number of pyridine rings is 1. The number of nitrogens with two attached hydrogens (primary N) is 1. The van der Waals surface area contributed by atoms with Gasteiger partial charge in [0, 0.05) is 36.0 Å². The molecule has 0 saturated carbocycles. The predicted molar refractivity (Wildman–Crippen MR) is 80.0 cm³/mol. The molecule has 0 fully saturated rings. The van der Waals surface area contributed by atoms with Crippen LogP contribution < -0.4 is 11.1 Å². The molecule has 0 spiro atoms. The predicted octanol–water partition coefficient (Wildman–Crippen LogP) is 1.46. The number of rotatable bonds is 5. The maximum atomic E-state index is 12.1. The molecule has 1 aromatic heterocycles. The van der Waals surface area contributed by atoms with Crippen LogP contribution in [0.15, 0.2) is 42.6 Å². The van der Waals surface area contributed by atoms with Gasteiger partial charge in [-0.15, -0.1) is 0 Å². The highest BCUT2D eigenvalue weighted by molar-refractivity contribution is 6.01. The summed E-state index contributed by atoms with van der Waals surface area (Å²) in [6.07, 6.45) is 2.37. The topological polar surface area (TPSA) is 85.1 Å². The van der Waals surface area contributed by atoms with Crippen LogP contribution in [0.1, 0.15) is 32.0 Å². The maximum absolute atomic E-state index is 12.1. The fourth-order valence-corrected chi connectivity index (χ4v) is 2.09. The van der Waals surface area contributed by atoms with Gasteiger partial charge in [-0.2, -0.15) is 0 Å². The Morgan fingerprint density at radius 3 is 2.57 bits per heavy atom. The fourth-order valence-electron chi connectivity index (χ4n) is 2.09. The normalized spacial score (nSPS) is 10.1. The second kappa shape index (κ2) is 6.65. The van der Waals surface area contributed by atoms with Crippen LogP contribution in [0, 0.1) is 6.92 Å². The molecule has 21 heavy (non-hydrogen) atoms. The summed E-state index contributed by atoms with van der Waals surface area (Å²) in [6.45, 7) is 2.20. The first-order valence-electron chi connectivity index (χ1n) is 6.67. The molecule has 5 heteroatoms. The van der Waals surface area contributed by atoms with Crippen LogP contribution in [0.25, 0.3) is 0 Å². The van der Waals surface area contributed by atoms with Gasteiger partial charge >= 0.3 is 0 Å². The maximum Gasteiger partial charge on any atom is 0.251 e. The van der Waals surface area contributed by atoms with Crippen LogP contribution in [-0.4, -0.2) is 23.3 Å². The van der Waals surface area contributed by atoms with E-state index in [-0.39, 0.29) is 5.91 Å². The van der Waals surface area contributed by atoms with E-state index >= 15 is 0 Å². The van der Waals surface area contributed by atoms with Crippen molar-refractivity contribution in [1.82, 2.24) is 10.3 Å². The van der Waals surface area contributed by atoms with E-state index in [1.807, 2.05) is 18.2 Å². The summed E-state index contributed by atoms with van der Waals surface area (Å²) >= 11 is 0. The summed E-state index contributed by atoms with van der Waals surface area (Å²) in [6, 6.07) is 10.6. The second-order valence-corrected chi connectivity index (χ2v) is 4.67. The second-order valence-electron chi connectivity index (χ2n) is 4.67. The number of aromatic nitrogens is 1. The lowest BCUT2D eigenvalue weighted by atomic mass is 10.0. The Morgan fingerprint density at radius 2 is 1.90 bits per heavy atom. The zero-order valence-corrected chi connectivity index (χ0v) is 11.8. The van der Waals surface area contributed by atoms with Crippen molar-refractivity contribution < 1.29 is 9.59 Å². The van der Waals surface area contributed by atoms with Gasteiger partial charge in [-0.1, -0.05) is 12.1 Å². The Balaban J connectivity index is 2.01. The number of benzene rings is 1. The smallest absolute Gasteiger partial charge is 0.251 e. The van der Waals surface area contributed by atoms with E-state index in [0.29, 0.717) is 29.7 Å². The van der Waals surface area contributed by atoms with E-state index in [4.69, 9.17) is 5.73 Å². The Morgan fingerprint density at radius 1 is 1.14 bits per heavy atom. The molecule has 2 aromatic rings. The molecular formula is C16H17N3O2. The highest BCUT2D eigenvalue weighted by Gasteiger charge is 2.13. The van der Waals surface area contributed by atoms with Gasteiger partial charge in [0.15, 0.2) is 0 Å². The monoisotopic (exact) mass is 283 g/mol. The van der Waals surface area contributed by atoms with Crippen LogP contribution in [0.3, 0.4) is 0 Å². The van der Waals surface area contributed by atoms with Crippen LogP contribution in [0.2, 0.25) is 0 Å². The molecule has 5 nitrogen and oxygen atoms in total. The Hall–Kier alpha value is -2.69. The average Bonchev–Trinajstić information content (AvgIpc) is 2.48. The van der Waals surface area contributed by atoms with Gasteiger partial charge in [0.1, 0.15) is 0 Å². The van der Waals surface area contributed by atoms with Gasteiger partial charge in [-0.05, 0) is 36.8 Å². The molecule has 2 amide bonds. The summed E-state index contributed by atoms with van der Waals surface area (Å²) in [5.74, 6) is -0.748. The lowest BCUT2D eigenvalue weighted by molar-refractivity contribution is 0.0953. The van der Waals surface area contributed by atoms with Crippen molar-refractivity contribution in [1.29, 1.82) is 0 Å². The molecule has 0 aliphatic carbocycles. The highest BCUT2D eigenvalue weighted by atomic mass is 16.2. The van der Waals surface area contributed by atoms with Gasteiger partial charge < -0.3 is 11.1 Å². The number of hydrogen-bond acceptors (Lipinski definition) is 3. The number of amides is 2. The molecule has 0 saturated heterocycles. The van der Waals surface area contributed by atoms with E-state index in [1.54, 1.807) is 31.3 Å². The van der Waals surface area contributed by atoms with Crippen molar-refractivity contribution in [2.24, 2.45) is 5.73 Å². The zero-order valence-electron chi connectivity index (χ0n) is 11.8. The Kier molecular flexibility index (Phi) is 4.66. The molecule has 108 valence electrons. The van der Waals surface area contributed by atoms with Crippen LogP contribution in [-0.2, 0) is 6.42 Å². The van der Waals surface area contributed by atoms with Crippen molar-refractivity contribution in [3.05, 3.63) is 65.0 Å². The molecule has 0 bridgehead atoms. The molecule has 0 radical (unpaired) electrons. The van der Waals surface area contributed by atoms with Gasteiger partial charge in [-0.3, -0.25) is 14.6 Å². The van der Waals surface area contributed by atoms with E-state index < -0.39 is 5.91 Å². The largest absolute Gasteiger partial charge is 0.366 e. The summed E-state index contributed by atoms with van der Waals surface area (Å²) in [5, 5.41) is 2.82. The molecule has 2 rings (SSSR count). The van der Waals surface area contributed by atoms with E-state index in [9.17, 15) is 9.59 Å². The summed E-state index contributed by atoms with van der Waals surface area (Å²) < 4.78 is 0. The Labute approximate surface area is 123 Å². The van der Waals surface area contributed by atoms with E-state index in [2.05, 4.69) is 10.3 Å². The van der Waals surface area contributed by atoms with Crippen molar-refractivity contribution in [2.75, 3.05) is 6.54 Å². The van der Waals surface area contributed by atoms with Gasteiger partial charge in [0.2, 0.25) is 5.91 Å². The number of carbonyl (C=O) groups is 2. The van der Waals surface area contributed by atoms with Crippen molar-refractivity contribution >= 4 is 11.8 Å². The fraction of sp³-hybridized carbons (Fsp3) is 0.188. The first-order chi connectivity index (χ1) is 10.1. The quantitative estimate of drug-likeness (QED) is 0.871. The Bertz CT molecular complexity index is 654. The molecule has 1 aromatic carbocycles. The number of carbonyl (C=O) groups excluding carboxylic acids is 2. The average molecular weight is 283 g/mol. The number of nitrogens with one attached hydrogen (secondary N) is 1. The number of hydrogen-bond donors (Lipinski definition) is 2. The third kappa shape index (κ3) is 3.66. The molecule has 0 unspecified atom stereocenters. The summed E-state index contributed by atoms with van der Waals surface area (Å²) in [4.78, 5) is 27.6. The minimum atomic E-state index is -0.532. The molecule has 3 N–H and O–H groups in total. The van der Waals surface area contributed by atoms with Gasteiger partial charge in [0.05, 0.1) is 0 Å². The number of nitrogens with zero attached hydrogens (tertiary/aromatic N) is 1. The molecule has 0 atom stereocenters. The van der Waals surface area contributed by atoms with E-state index in [0.717, 1.165) is 5.69 Å². The third-order valence-corrected chi connectivity index (χ3v) is 3.24. The highest BCUT2D eigenvalue weighted by Crippen LogP contribution is 2.13. The van der Waals surface area contributed by atoms with E-state index in [1.165, 1.54) is 0 Å². The molecule has 0 aliphatic rings. The minimum absolute atomic E-state index is 0.216. The van der Waals surface area contributed by atoms with Crippen molar-refractivity contribution in [3.63, 3.8) is 0 Å². The lowest BCUT2D eigenvalue weighted by Crippen LogP contribution is -2.27. The summed E-state index contributed by atoms with van der Waals surface area (Å²) in [7, 11) is 0. The van der Waals surface area contributed by atoms with Crippen LogP contribution in [0.5, 0.6) is 0 Å². The summed E-state index contributed by atoms with van der Waals surface area (Å²) in [5.41, 5.74) is 7.63.